The van der Waals surface area contributed by atoms with Crippen LogP contribution in [0.15, 0.2) is 12.7 Å². The van der Waals surface area contributed by atoms with Gasteiger partial charge in [0.25, 0.3) is 0 Å². The normalized spacial score (nSPS) is 17.6. The van der Waals surface area contributed by atoms with Crippen molar-refractivity contribution in [3.63, 3.8) is 0 Å². The van der Waals surface area contributed by atoms with Crippen molar-refractivity contribution in [3.8, 4) is 0 Å². The molecular weight excluding hydrogens is 188 g/mol. The van der Waals surface area contributed by atoms with Crippen LogP contribution in [0.3, 0.4) is 0 Å². The monoisotopic (exact) mass is 214 g/mol. The summed E-state index contributed by atoms with van der Waals surface area (Å²) in [7, 11) is -1.59. The van der Waals surface area contributed by atoms with Gasteiger partial charge in [0.1, 0.15) is 0 Å². The molecule has 0 spiro atoms. The van der Waals surface area contributed by atoms with Crippen molar-refractivity contribution >= 4 is 8.32 Å². The Bertz CT molecular complexity index is 191. The fraction of sp³-hybridized carbons (Fsp3) is 0.833. The summed E-state index contributed by atoms with van der Waals surface area (Å²) >= 11 is 0. The SMILES string of the molecule is C=C[C@@H](C)[C@@H](C)O[Si](C)(C)C(C)(C)C. The summed E-state index contributed by atoms with van der Waals surface area (Å²) in [6.45, 7) is 19.5. The second-order valence-corrected chi connectivity index (χ2v) is 10.4. The largest absolute Gasteiger partial charge is 0.414 e. The van der Waals surface area contributed by atoms with E-state index in [1.807, 2.05) is 6.08 Å². The Morgan fingerprint density at radius 3 is 1.93 bits per heavy atom. The molecule has 1 nitrogen and oxygen atoms in total. The summed E-state index contributed by atoms with van der Waals surface area (Å²) < 4.78 is 6.22. The third kappa shape index (κ3) is 3.58. The number of rotatable bonds is 4. The van der Waals surface area contributed by atoms with Gasteiger partial charge < -0.3 is 4.43 Å². The van der Waals surface area contributed by atoms with Gasteiger partial charge in [0.05, 0.1) is 0 Å². The minimum atomic E-state index is -1.59. The summed E-state index contributed by atoms with van der Waals surface area (Å²) in [6, 6.07) is 0. The molecule has 0 aliphatic rings. The van der Waals surface area contributed by atoms with E-state index in [4.69, 9.17) is 4.43 Å². The van der Waals surface area contributed by atoms with E-state index in [1.54, 1.807) is 0 Å². The molecule has 0 amide bonds. The molecular formula is C12H26OSi. The standard InChI is InChI=1S/C12H26OSi/c1-9-10(2)11(3)13-14(7,8)12(4,5)6/h9-11H,1H2,2-8H3/t10-,11-/m1/s1. The van der Waals surface area contributed by atoms with E-state index < -0.39 is 8.32 Å². The molecule has 0 radical (unpaired) electrons. The molecule has 0 saturated carbocycles. The van der Waals surface area contributed by atoms with Crippen molar-refractivity contribution in [2.24, 2.45) is 5.92 Å². The van der Waals surface area contributed by atoms with Gasteiger partial charge in [-0.25, -0.2) is 0 Å². The highest BCUT2D eigenvalue weighted by Gasteiger charge is 2.38. The lowest BCUT2D eigenvalue weighted by atomic mass is 10.1. The van der Waals surface area contributed by atoms with Crippen LogP contribution in [0.5, 0.6) is 0 Å². The third-order valence-electron chi connectivity index (χ3n) is 3.40. The minimum Gasteiger partial charge on any atom is -0.414 e. The molecule has 14 heavy (non-hydrogen) atoms. The fourth-order valence-corrected chi connectivity index (χ4v) is 2.44. The molecule has 84 valence electrons. The molecule has 0 aliphatic heterocycles. The summed E-state index contributed by atoms with van der Waals surface area (Å²) in [5.74, 6) is 0.434. The van der Waals surface area contributed by atoms with Crippen LogP contribution in [-0.2, 0) is 4.43 Å². The molecule has 0 aromatic carbocycles. The molecule has 2 heteroatoms. The molecule has 0 rings (SSSR count). The minimum absolute atomic E-state index is 0.286. The van der Waals surface area contributed by atoms with Gasteiger partial charge in [-0.2, -0.15) is 0 Å². The first-order chi connectivity index (χ1) is 6.12. The molecule has 0 aromatic rings. The van der Waals surface area contributed by atoms with Crippen molar-refractivity contribution in [1.29, 1.82) is 0 Å². The van der Waals surface area contributed by atoms with Gasteiger partial charge in [-0.3, -0.25) is 0 Å². The van der Waals surface area contributed by atoms with E-state index in [0.29, 0.717) is 11.0 Å². The van der Waals surface area contributed by atoms with Crippen molar-refractivity contribution in [1.82, 2.24) is 0 Å². The Morgan fingerprint density at radius 2 is 1.64 bits per heavy atom. The number of hydrogen-bond acceptors (Lipinski definition) is 1. The lowest BCUT2D eigenvalue weighted by molar-refractivity contribution is 0.164. The number of hydrogen-bond donors (Lipinski definition) is 0. The third-order valence-corrected chi connectivity index (χ3v) is 7.97. The average Bonchev–Trinajstić information content (AvgIpc) is 2.00. The van der Waals surface area contributed by atoms with Crippen LogP contribution in [0.2, 0.25) is 18.1 Å². The second-order valence-electron chi connectivity index (χ2n) is 5.68. The molecule has 2 atom stereocenters. The molecule has 0 heterocycles. The summed E-state index contributed by atoms with van der Waals surface area (Å²) in [5, 5.41) is 0.294. The van der Waals surface area contributed by atoms with Crippen LogP contribution in [0.4, 0.5) is 0 Å². The first kappa shape index (κ1) is 13.9. The van der Waals surface area contributed by atoms with Crippen LogP contribution in [-0.4, -0.2) is 14.4 Å². The molecule has 0 fully saturated rings. The topological polar surface area (TPSA) is 9.23 Å². The van der Waals surface area contributed by atoms with E-state index in [0.717, 1.165) is 0 Å². The Kier molecular flexibility index (Phi) is 4.60. The van der Waals surface area contributed by atoms with Crippen molar-refractivity contribution in [2.75, 3.05) is 0 Å². The van der Waals surface area contributed by atoms with Crippen LogP contribution in [0.25, 0.3) is 0 Å². The van der Waals surface area contributed by atoms with Crippen LogP contribution in [0.1, 0.15) is 34.6 Å². The molecule has 0 bridgehead atoms. The van der Waals surface area contributed by atoms with Gasteiger partial charge in [-0.05, 0) is 31.0 Å². The van der Waals surface area contributed by atoms with E-state index >= 15 is 0 Å². The van der Waals surface area contributed by atoms with Crippen LogP contribution >= 0.6 is 0 Å². The first-order valence-electron chi connectivity index (χ1n) is 5.42. The zero-order valence-electron chi connectivity index (χ0n) is 10.8. The molecule has 0 N–H and O–H groups in total. The summed E-state index contributed by atoms with van der Waals surface area (Å²) in [5.41, 5.74) is 0. The smallest absolute Gasteiger partial charge is 0.192 e. The summed E-state index contributed by atoms with van der Waals surface area (Å²) in [4.78, 5) is 0. The van der Waals surface area contributed by atoms with E-state index in [1.165, 1.54) is 0 Å². The van der Waals surface area contributed by atoms with Crippen molar-refractivity contribution in [2.45, 2.75) is 58.9 Å². The zero-order chi connectivity index (χ0) is 11.6. The molecule has 0 aliphatic carbocycles. The van der Waals surface area contributed by atoms with E-state index in [2.05, 4.69) is 54.3 Å². The van der Waals surface area contributed by atoms with Crippen molar-refractivity contribution < 1.29 is 4.43 Å². The van der Waals surface area contributed by atoms with Gasteiger partial charge in [0.15, 0.2) is 8.32 Å². The quantitative estimate of drug-likeness (QED) is 0.503. The van der Waals surface area contributed by atoms with E-state index in [-0.39, 0.29) is 6.10 Å². The lowest BCUT2D eigenvalue weighted by Gasteiger charge is -2.39. The molecule has 0 unspecified atom stereocenters. The maximum Gasteiger partial charge on any atom is 0.192 e. The highest BCUT2D eigenvalue weighted by atomic mass is 28.4. The highest BCUT2D eigenvalue weighted by Crippen LogP contribution is 2.37. The van der Waals surface area contributed by atoms with Crippen molar-refractivity contribution in [3.05, 3.63) is 12.7 Å². The summed E-state index contributed by atoms with van der Waals surface area (Å²) in [6.07, 6.45) is 2.26. The molecule has 0 saturated heterocycles. The lowest BCUT2D eigenvalue weighted by Crippen LogP contribution is -2.44. The predicted octanol–water partition coefficient (Wildman–Crippen LogP) is 4.22. The first-order valence-corrected chi connectivity index (χ1v) is 8.33. The van der Waals surface area contributed by atoms with E-state index in [9.17, 15) is 0 Å². The van der Waals surface area contributed by atoms with Gasteiger partial charge in [-0.15, -0.1) is 6.58 Å². The average molecular weight is 214 g/mol. The second kappa shape index (κ2) is 4.62. The van der Waals surface area contributed by atoms with Gasteiger partial charge in [0.2, 0.25) is 0 Å². The maximum absolute atomic E-state index is 6.22. The Balaban J connectivity index is 4.44. The highest BCUT2D eigenvalue weighted by molar-refractivity contribution is 6.74. The Labute approximate surface area is 90.7 Å². The molecule has 0 aromatic heterocycles. The maximum atomic E-state index is 6.22. The predicted molar refractivity (Wildman–Crippen MR) is 67.1 cm³/mol. The Hall–Kier alpha value is -0.0831. The Morgan fingerprint density at radius 1 is 1.21 bits per heavy atom. The zero-order valence-corrected chi connectivity index (χ0v) is 11.8. The van der Waals surface area contributed by atoms with Gasteiger partial charge in [-0.1, -0.05) is 33.8 Å². The fourth-order valence-electron chi connectivity index (χ4n) is 0.940. The van der Waals surface area contributed by atoms with Crippen LogP contribution < -0.4 is 0 Å². The van der Waals surface area contributed by atoms with Crippen LogP contribution in [0, 0.1) is 5.92 Å². The van der Waals surface area contributed by atoms with Gasteiger partial charge >= 0.3 is 0 Å². The van der Waals surface area contributed by atoms with Gasteiger partial charge in [0, 0.05) is 6.10 Å².